The highest BCUT2D eigenvalue weighted by atomic mass is 16.2. The van der Waals surface area contributed by atoms with Gasteiger partial charge in [-0.15, -0.1) is 0 Å². The van der Waals surface area contributed by atoms with E-state index in [-0.39, 0.29) is 11.8 Å². The minimum Gasteiger partial charge on any atom is -0.341 e. The minimum atomic E-state index is -0.105. The first-order valence-electron chi connectivity index (χ1n) is 7.19. The first kappa shape index (κ1) is 15.8. The second kappa shape index (κ2) is 7.41. The summed E-state index contributed by atoms with van der Waals surface area (Å²) in [6.45, 7) is 2.07. The molecule has 0 atom stereocenters. The number of likely N-dealkylation sites (N-methyl/N-ethyl adjacent to an activating group) is 1. The van der Waals surface area contributed by atoms with Crippen LogP contribution in [0.5, 0.6) is 0 Å². The summed E-state index contributed by atoms with van der Waals surface area (Å²) in [5.74, 6) is -0.0393. The zero-order valence-corrected chi connectivity index (χ0v) is 12.9. The number of carbonyl (C=O) groups is 2. The summed E-state index contributed by atoms with van der Waals surface area (Å²) in [5.41, 5.74) is 2.78. The van der Waals surface area contributed by atoms with Crippen molar-refractivity contribution in [3.05, 3.63) is 65.7 Å². The predicted molar refractivity (Wildman–Crippen MR) is 87.4 cm³/mol. The van der Waals surface area contributed by atoms with Gasteiger partial charge in [-0.3, -0.25) is 9.59 Å². The van der Waals surface area contributed by atoms with E-state index in [1.165, 1.54) is 6.92 Å². The third-order valence-electron chi connectivity index (χ3n) is 3.32. The van der Waals surface area contributed by atoms with Gasteiger partial charge in [0, 0.05) is 26.2 Å². The molecule has 0 aliphatic carbocycles. The maximum absolute atomic E-state index is 12.2. The Morgan fingerprint density at radius 1 is 0.955 bits per heavy atom. The standard InChI is InChI=1S/C18H20N2O2/c1-14(21)19-17-10-8-15(9-11-17)12-18(22)20(2)13-16-6-4-3-5-7-16/h3-11H,12-13H2,1-2H3,(H,19,21). The summed E-state index contributed by atoms with van der Waals surface area (Å²) in [4.78, 5) is 24.9. The molecule has 2 aromatic rings. The number of carbonyl (C=O) groups excluding carboxylic acids is 2. The van der Waals surface area contributed by atoms with Gasteiger partial charge in [-0.05, 0) is 23.3 Å². The Hall–Kier alpha value is -2.62. The largest absolute Gasteiger partial charge is 0.341 e. The topological polar surface area (TPSA) is 49.4 Å². The van der Waals surface area contributed by atoms with Crippen LogP contribution in [0.25, 0.3) is 0 Å². The highest BCUT2D eigenvalue weighted by Gasteiger charge is 2.10. The van der Waals surface area contributed by atoms with Crippen LogP contribution in [0.15, 0.2) is 54.6 Å². The number of anilines is 1. The van der Waals surface area contributed by atoms with Crippen LogP contribution in [0.2, 0.25) is 0 Å². The zero-order valence-electron chi connectivity index (χ0n) is 12.9. The van der Waals surface area contributed by atoms with Gasteiger partial charge in [-0.1, -0.05) is 42.5 Å². The molecule has 2 rings (SSSR count). The SMILES string of the molecule is CC(=O)Nc1ccc(CC(=O)N(C)Cc2ccccc2)cc1. The van der Waals surface area contributed by atoms with Crippen LogP contribution in [-0.4, -0.2) is 23.8 Å². The van der Waals surface area contributed by atoms with E-state index in [9.17, 15) is 9.59 Å². The molecule has 0 saturated heterocycles. The summed E-state index contributed by atoms with van der Waals surface area (Å²) < 4.78 is 0. The van der Waals surface area contributed by atoms with Gasteiger partial charge in [0.15, 0.2) is 0 Å². The van der Waals surface area contributed by atoms with Crippen molar-refractivity contribution in [1.82, 2.24) is 4.90 Å². The first-order chi connectivity index (χ1) is 10.5. The fourth-order valence-corrected chi connectivity index (χ4v) is 2.16. The molecule has 0 spiro atoms. The van der Waals surface area contributed by atoms with Gasteiger partial charge < -0.3 is 10.2 Å². The normalized spacial score (nSPS) is 10.1. The van der Waals surface area contributed by atoms with Gasteiger partial charge in [0.1, 0.15) is 0 Å². The molecule has 0 aliphatic heterocycles. The molecule has 0 fully saturated rings. The third-order valence-corrected chi connectivity index (χ3v) is 3.32. The maximum atomic E-state index is 12.2. The third kappa shape index (κ3) is 4.74. The highest BCUT2D eigenvalue weighted by Crippen LogP contribution is 2.11. The molecule has 0 radical (unpaired) electrons. The molecular formula is C18H20N2O2. The van der Waals surface area contributed by atoms with Gasteiger partial charge in [0.25, 0.3) is 0 Å². The molecule has 22 heavy (non-hydrogen) atoms. The molecule has 0 heterocycles. The monoisotopic (exact) mass is 296 g/mol. The van der Waals surface area contributed by atoms with E-state index in [4.69, 9.17) is 0 Å². The average molecular weight is 296 g/mol. The Labute approximate surface area is 130 Å². The van der Waals surface area contributed by atoms with E-state index in [1.807, 2.05) is 42.5 Å². The summed E-state index contributed by atoms with van der Waals surface area (Å²) in [6, 6.07) is 17.2. The fourth-order valence-electron chi connectivity index (χ4n) is 2.16. The second-order valence-electron chi connectivity index (χ2n) is 5.29. The van der Waals surface area contributed by atoms with Crippen molar-refractivity contribution in [2.75, 3.05) is 12.4 Å². The molecule has 0 bridgehead atoms. The van der Waals surface area contributed by atoms with Crippen LogP contribution >= 0.6 is 0 Å². The van der Waals surface area contributed by atoms with E-state index < -0.39 is 0 Å². The van der Waals surface area contributed by atoms with Crippen LogP contribution in [-0.2, 0) is 22.6 Å². The lowest BCUT2D eigenvalue weighted by molar-refractivity contribution is -0.129. The Kier molecular flexibility index (Phi) is 5.31. The van der Waals surface area contributed by atoms with Crippen LogP contribution in [0.4, 0.5) is 5.69 Å². The summed E-state index contributed by atoms with van der Waals surface area (Å²) in [7, 11) is 1.81. The molecule has 0 aliphatic rings. The Morgan fingerprint density at radius 2 is 1.59 bits per heavy atom. The van der Waals surface area contributed by atoms with Crippen LogP contribution in [0, 0.1) is 0 Å². The van der Waals surface area contributed by atoms with E-state index in [1.54, 1.807) is 24.1 Å². The Morgan fingerprint density at radius 3 is 2.18 bits per heavy atom. The molecule has 4 heteroatoms. The molecule has 114 valence electrons. The van der Waals surface area contributed by atoms with E-state index in [0.717, 1.165) is 16.8 Å². The lowest BCUT2D eigenvalue weighted by atomic mass is 10.1. The van der Waals surface area contributed by atoms with Crippen molar-refractivity contribution < 1.29 is 9.59 Å². The lowest BCUT2D eigenvalue weighted by Gasteiger charge is -2.17. The smallest absolute Gasteiger partial charge is 0.227 e. The molecule has 2 amide bonds. The second-order valence-corrected chi connectivity index (χ2v) is 5.29. The highest BCUT2D eigenvalue weighted by molar-refractivity contribution is 5.88. The molecule has 0 saturated carbocycles. The number of nitrogens with zero attached hydrogens (tertiary/aromatic N) is 1. The molecule has 0 aromatic heterocycles. The van der Waals surface area contributed by atoms with Crippen LogP contribution < -0.4 is 5.32 Å². The van der Waals surface area contributed by atoms with Crippen molar-refractivity contribution in [3.63, 3.8) is 0 Å². The van der Waals surface area contributed by atoms with Gasteiger partial charge >= 0.3 is 0 Å². The summed E-state index contributed by atoms with van der Waals surface area (Å²) in [5, 5.41) is 2.71. The van der Waals surface area contributed by atoms with Gasteiger partial charge in [0.05, 0.1) is 6.42 Å². The number of amides is 2. The Bertz CT molecular complexity index is 636. The first-order valence-corrected chi connectivity index (χ1v) is 7.19. The fraction of sp³-hybridized carbons (Fsp3) is 0.222. The van der Waals surface area contributed by atoms with Crippen molar-refractivity contribution in [2.45, 2.75) is 19.9 Å². The maximum Gasteiger partial charge on any atom is 0.227 e. The lowest BCUT2D eigenvalue weighted by Crippen LogP contribution is -2.27. The molecule has 2 aromatic carbocycles. The molecule has 4 nitrogen and oxygen atoms in total. The Balaban J connectivity index is 1.92. The summed E-state index contributed by atoms with van der Waals surface area (Å²) >= 11 is 0. The van der Waals surface area contributed by atoms with E-state index >= 15 is 0 Å². The molecule has 0 unspecified atom stereocenters. The van der Waals surface area contributed by atoms with Crippen LogP contribution in [0.3, 0.4) is 0 Å². The molecule has 1 N–H and O–H groups in total. The van der Waals surface area contributed by atoms with E-state index in [2.05, 4.69) is 5.32 Å². The number of hydrogen-bond acceptors (Lipinski definition) is 2. The molecular weight excluding hydrogens is 276 g/mol. The number of benzene rings is 2. The van der Waals surface area contributed by atoms with E-state index in [0.29, 0.717) is 13.0 Å². The minimum absolute atomic E-state index is 0.0659. The summed E-state index contributed by atoms with van der Waals surface area (Å²) in [6.07, 6.45) is 0.351. The van der Waals surface area contributed by atoms with Gasteiger partial charge in [-0.25, -0.2) is 0 Å². The number of rotatable bonds is 5. The average Bonchev–Trinajstić information content (AvgIpc) is 2.49. The van der Waals surface area contributed by atoms with Gasteiger partial charge in [-0.2, -0.15) is 0 Å². The van der Waals surface area contributed by atoms with Crippen molar-refractivity contribution in [2.24, 2.45) is 0 Å². The number of nitrogens with one attached hydrogen (secondary N) is 1. The van der Waals surface area contributed by atoms with Gasteiger partial charge in [0.2, 0.25) is 11.8 Å². The van der Waals surface area contributed by atoms with Crippen molar-refractivity contribution in [1.29, 1.82) is 0 Å². The zero-order chi connectivity index (χ0) is 15.9. The van der Waals surface area contributed by atoms with Crippen LogP contribution in [0.1, 0.15) is 18.1 Å². The predicted octanol–water partition coefficient (Wildman–Crippen LogP) is 2.85. The van der Waals surface area contributed by atoms with Crippen molar-refractivity contribution >= 4 is 17.5 Å². The van der Waals surface area contributed by atoms with Crippen molar-refractivity contribution in [3.8, 4) is 0 Å². The number of hydrogen-bond donors (Lipinski definition) is 1. The quantitative estimate of drug-likeness (QED) is 0.922.